The van der Waals surface area contributed by atoms with Crippen LogP contribution in [0.25, 0.3) is 10.8 Å². The van der Waals surface area contributed by atoms with Crippen molar-refractivity contribution in [1.29, 1.82) is 0 Å². The van der Waals surface area contributed by atoms with Crippen LogP contribution in [-0.2, 0) is 6.61 Å². The van der Waals surface area contributed by atoms with E-state index < -0.39 is 0 Å². The van der Waals surface area contributed by atoms with Crippen LogP contribution in [-0.4, -0.2) is 11.7 Å². The second-order valence-electron chi connectivity index (χ2n) is 7.65. The Morgan fingerprint density at radius 2 is 1.62 bits per heavy atom. The molecule has 3 aromatic carbocycles. The second kappa shape index (κ2) is 7.92. The first-order chi connectivity index (χ1) is 12.5. The van der Waals surface area contributed by atoms with E-state index in [0.29, 0.717) is 12.5 Å². The van der Waals surface area contributed by atoms with E-state index in [9.17, 15) is 5.11 Å². The summed E-state index contributed by atoms with van der Waals surface area (Å²) in [5, 5.41) is 12.1. The zero-order chi connectivity index (χ0) is 18.6. The molecular formula is C24H28O2. The van der Waals surface area contributed by atoms with Crippen LogP contribution in [0, 0.1) is 5.41 Å². The van der Waals surface area contributed by atoms with E-state index in [1.807, 2.05) is 24.3 Å². The minimum absolute atomic E-state index is 0.124. The highest BCUT2D eigenvalue weighted by atomic mass is 16.5. The standard InChI is InChI=1S/C24H28O2/c1-4-23(24(2,3)17-25)21-11-10-20-15-22(13-12-19(20)14-21)26-16-18-8-6-5-7-9-18/h5-15,23,25H,4,16-17H2,1-3H3. The summed E-state index contributed by atoms with van der Waals surface area (Å²) in [7, 11) is 0. The van der Waals surface area contributed by atoms with Crippen LogP contribution in [0.5, 0.6) is 5.75 Å². The minimum atomic E-state index is -0.124. The molecule has 1 atom stereocenters. The molecule has 0 fully saturated rings. The van der Waals surface area contributed by atoms with Gasteiger partial charge in [-0.1, -0.05) is 75.4 Å². The van der Waals surface area contributed by atoms with Gasteiger partial charge in [0.05, 0.1) is 0 Å². The predicted octanol–water partition coefficient (Wildman–Crippen LogP) is 5.93. The lowest BCUT2D eigenvalue weighted by Gasteiger charge is -2.32. The van der Waals surface area contributed by atoms with Crippen molar-refractivity contribution in [3.8, 4) is 5.75 Å². The minimum Gasteiger partial charge on any atom is -0.489 e. The first kappa shape index (κ1) is 18.5. The van der Waals surface area contributed by atoms with Crippen LogP contribution < -0.4 is 4.74 Å². The van der Waals surface area contributed by atoms with E-state index in [4.69, 9.17) is 4.74 Å². The highest BCUT2D eigenvalue weighted by Gasteiger charge is 2.28. The molecule has 1 N–H and O–H groups in total. The Balaban J connectivity index is 1.81. The van der Waals surface area contributed by atoms with E-state index in [0.717, 1.165) is 12.2 Å². The average molecular weight is 348 g/mol. The first-order valence-corrected chi connectivity index (χ1v) is 9.35. The van der Waals surface area contributed by atoms with Crippen LogP contribution in [0.3, 0.4) is 0 Å². The normalized spacial score (nSPS) is 12.9. The molecule has 3 aromatic rings. The Hall–Kier alpha value is -2.32. The Morgan fingerprint density at radius 1 is 0.923 bits per heavy atom. The molecule has 0 bridgehead atoms. The number of fused-ring (bicyclic) bond motifs is 1. The molecule has 0 aliphatic carbocycles. The van der Waals surface area contributed by atoms with Gasteiger partial charge in [0.2, 0.25) is 0 Å². The summed E-state index contributed by atoms with van der Waals surface area (Å²) in [6.07, 6.45) is 1.01. The monoisotopic (exact) mass is 348 g/mol. The molecule has 0 aromatic heterocycles. The molecule has 3 rings (SSSR count). The third-order valence-electron chi connectivity index (χ3n) is 5.25. The highest BCUT2D eigenvalue weighted by Crippen LogP contribution is 2.38. The molecule has 0 amide bonds. The summed E-state index contributed by atoms with van der Waals surface area (Å²) < 4.78 is 5.94. The third kappa shape index (κ3) is 4.08. The molecule has 136 valence electrons. The lowest BCUT2D eigenvalue weighted by molar-refractivity contribution is 0.128. The first-order valence-electron chi connectivity index (χ1n) is 9.35. The van der Waals surface area contributed by atoms with Crippen LogP contribution >= 0.6 is 0 Å². The maximum Gasteiger partial charge on any atom is 0.120 e. The van der Waals surface area contributed by atoms with E-state index in [2.05, 4.69) is 63.2 Å². The number of hydrogen-bond donors (Lipinski definition) is 1. The van der Waals surface area contributed by atoms with Gasteiger partial charge in [-0.3, -0.25) is 0 Å². The predicted molar refractivity (Wildman–Crippen MR) is 109 cm³/mol. The zero-order valence-electron chi connectivity index (χ0n) is 15.9. The van der Waals surface area contributed by atoms with Crippen molar-refractivity contribution in [2.24, 2.45) is 5.41 Å². The van der Waals surface area contributed by atoms with Gasteiger partial charge in [0, 0.05) is 6.61 Å². The Morgan fingerprint density at radius 3 is 2.31 bits per heavy atom. The zero-order valence-corrected chi connectivity index (χ0v) is 15.9. The fourth-order valence-electron chi connectivity index (χ4n) is 3.64. The van der Waals surface area contributed by atoms with Gasteiger partial charge in [-0.2, -0.15) is 0 Å². The lowest BCUT2D eigenvalue weighted by atomic mass is 9.74. The topological polar surface area (TPSA) is 29.5 Å². The molecule has 0 spiro atoms. The van der Waals surface area contributed by atoms with Crippen LogP contribution in [0.2, 0.25) is 0 Å². The van der Waals surface area contributed by atoms with Crippen LogP contribution in [0.4, 0.5) is 0 Å². The number of ether oxygens (including phenoxy) is 1. The summed E-state index contributed by atoms with van der Waals surface area (Å²) >= 11 is 0. The molecule has 2 nitrogen and oxygen atoms in total. The number of benzene rings is 3. The number of hydrogen-bond acceptors (Lipinski definition) is 2. The summed E-state index contributed by atoms with van der Waals surface area (Å²) in [6.45, 7) is 7.22. The molecule has 0 aliphatic rings. The van der Waals surface area contributed by atoms with Crippen molar-refractivity contribution in [3.05, 3.63) is 77.9 Å². The maximum absolute atomic E-state index is 9.74. The van der Waals surface area contributed by atoms with Gasteiger partial charge in [0.1, 0.15) is 12.4 Å². The van der Waals surface area contributed by atoms with E-state index in [1.165, 1.54) is 21.9 Å². The summed E-state index contributed by atoms with van der Waals surface area (Å²) in [6, 6.07) is 23.1. The molecular weight excluding hydrogens is 320 g/mol. The Labute approximate surface area is 156 Å². The van der Waals surface area contributed by atoms with Crippen LogP contribution in [0.1, 0.15) is 44.2 Å². The van der Waals surface area contributed by atoms with Crippen molar-refractivity contribution in [1.82, 2.24) is 0 Å². The molecule has 1 unspecified atom stereocenters. The quantitative estimate of drug-likeness (QED) is 0.573. The van der Waals surface area contributed by atoms with E-state index in [1.54, 1.807) is 0 Å². The van der Waals surface area contributed by atoms with Crippen molar-refractivity contribution >= 4 is 10.8 Å². The molecule has 26 heavy (non-hydrogen) atoms. The van der Waals surface area contributed by atoms with E-state index in [-0.39, 0.29) is 12.0 Å². The Kier molecular flexibility index (Phi) is 5.63. The number of rotatable bonds is 7. The number of aliphatic hydroxyl groups excluding tert-OH is 1. The summed E-state index contributed by atoms with van der Waals surface area (Å²) in [5.41, 5.74) is 2.33. The van der Waals surface area contributed by atoms with Gasteiger partial charge in [-0.25, -0.2) is 0 Å². The molecule has 2 heteroatoms. The molecule has 0 aliphatic heterocycles. The molecule has 0 heterocycles. The van der Waals surface area contributed by atoms with Crippen molar-refractivity contribution in [2.45, 2.75) is 39.7 Å². The maximum atomic E-state index is 9.74. The molecule has 0 saturated carbocycles. The van der Waals surface area contributed by atoms with Gasteiger partial charge in [-0.05, 0) is 51.8 Å². The second-order valence-corrected chi connectivity index (χ2v) is 7.65. The Bertz CT molecular complexity index is 852. The summed E-state index contributed by atoms with van der Waals surface area (Å²) in [4.78, 5) is 0. The van der Waals surface area contributed by atoms with Crippen molar-refractivity contribution in [3.63, 3.8) is 0 Å². The van der Waals surface area contributed by atoms with Gasteiger partial charge < -0.3 is 9.84 Å². The lowest BCUT2D eigenvalue weighted by Crippen LogP contribution is -2.25. The van der Waals surface area contributed by atoms with Gasteiger partial charge in [0.15, 0.2) is 0 Å². The van der Waals surface area contributed by atoms with Gasteiger partial charge in [0.25, 0.3) is 0 Å². The molecule has 0 saturated heterocycles. The summed E-state index contributed by atoms with van der Waals surface area (Å²) in [5.74, 6) is 1.22. The largest absolute Gasteiger partial charge is 0.489 e. The van der Waals surface area contributed by atoms with Gasteiger partial charge in [-0.15, -0.1) is 0 Å². The fraction of sp³-hybridized carbons (Fsp3) is 0.333. The van der Waals surface area contributed by atoms with Crippen molar-refractivity contribution < 1.29 is 9.84 Å². The number of aliphatic hydroxyl groups is 1. The smallest absolute Gasteiger partial charge is 0.120 e. The van der Waals surface area contributed by atoms with Crippen molar-refractivity contribution in [2.75, 3.05) is 6.61 Å². The SMILES string of the molecule is CCC(c1ccc2cc(OCc3ccccc3)ccc2c1)C(C)(C)CO. The fourth-order valence-corrected chi connectivity index (χ4v) is 3.64. The van der Waals surface area contributed by atoms with E-state index >= 15 is 0 Å². The average Bonchev–Trinajstić information content (AvgIpc) is 2.67. The third-order valence-corrected chi connectivity index (χ3v) is 5.25. The highest BCUT2D eigenvalue weighted by molar-refractivity contribution is 5.84. The molecule has 0 radical (unpaired) electrons. The van der Waals surface area contributed by atoms with Crippen LogP contribution in [0.15, 0.2) is 66.7 Å². The van der Waals surface area contributed by atoms with Gasteiger partial charge >= 0.3 is 0 Å².